The molecule has 1 unspecified atom stereocenters. The van der Waals surface area contributed by atoms with Crippen molar-refractivity contribution in [2.24, 2.45) is 5.41 Å². The number of carbonyl (C=O) groups is 2. The van der Waals surface area contributed by atoms with Crippen LogP contribution in [-0.4, -0.2) is 42.1 Å². The predicted octanol–water partition coefficient (Wildman–Crippen LogP) is 2.05. The molecule has 1 aliphatic carbocycles. The number of hydrogen-bond donors (Lipinski definition) is 1. The van der Waals surface area contributed by atoms with Crippen molar-refractivity contribution in [3.63, 3.8) is 0 Å². The van der Waals surface area contributed by atoms with Crippen LogP contribution in [0, 0.1) is 5.41 Å². The summed E-state index contributed by atoms with van der Waals surface area (Å²) in [5.41, 5.74) is -0.422. The van der Waals surface area contributed by atoms with E-state index < -0.39 is 16.8 Å². The van der Waals surface area contributed by atoms with E-state index in [0.717, 1.165) is 24.2 Å². The minimum Gasteiger partial charge on any atom is -0.496 e. The van der Waals surface area contributed by atoms with Crippen molar-refractivity contribution in [2.75, 3.05) is 20.2 Å². The zero-order chi connectivity index (χ0) is 16.0. The summed E-state index contributed by atoms with van der Waals surface area (Å²) < 4.78 is 5.40. The van der Waals surface area contributed by atoms with Crippen molar-refractivity contribution < 1.29 is 19.4 Å². The molecule has 1 saturated heterocycles. The number of methoxy groups -OCH3 is 1. The van der Waals surface area contributed by atoms with Gasteiger partial charge < -0.3 is 14.7 Å². The first kappa shape index (κ1) is 14.9. The first-order valence-electron chi connectivity index (χ1n) is 7.59. The highest BCUT2D eigenvalue weighted by molar-refractivity contribution is 5.93. The summed E-state index contributed by atoms with van der Waals surface area (Å²) in [6.07, 6.45) is 2.11. The molecule has 5 heteroatoms. The number of ether oxygens (including phenoxy) is 1. The van der Waals surface area contributed by atoms with E-state index in [1.165, 1.54) is 0 Å². The number of rotatable bonds is 4. The van der Waals surface area contributed by atoms with Crippen LogP contribution in [0.2, 0.25) is 0 Å². The zero-order valence-corrected chi connectivity index (χ0v) is 13.0. The number of aliphatic carboxylic acids is 1. The maximum Gasteiger partial charge on any atom is 0.311 e. The second kappa shape index (κ2) is 5.00. The molecule has 1 aromatic rings. The molecule has 1 heterocycles. The summed E-state index contributed by atoms with van der Waals surface area (Å²) in [6.45, 7) is 2.52. The van der Waals surface area contributed by atoms with Crippen LogP contribution in [-0.2, 0) is 15.0 Å². The second-order valence-corrected chi connectivity index (χ2v) is 6.62. The summed E-state index contributed by atoms with van der Waals surface area (Å²) in [6, 6.07) is 7.61. The molecule has 0 spiro atoms. The number of amides is 1. The highest BCUT2D eigenvalue weighted by atomic mass is 16.5. The van der Waals surface area contributed by atoms with Gasteiger partial charge in [-0.1, -0.05) is 18.2 Å². The van der Waals surface area contributed by atoms with Crippen molar-refractivity contribution >= 4 is 11.9 Å². The Labute approximate surface area is 129 Å². The van der Waals surface area contributed by atoms with Crippen LogP contribution in [0.5, 0.6) is 5.75 Å². The summed E-state index contributed by atoms with van der Waals surface area (Å²) >= 11 is 0. The molecule has 1 aliphatic heterocycles. The molecular weight excluding hydrogens is 282 g/mol. The third-order valence-electron chi connectivity index (χ3n) is 5.06. The van der Waals surface area contributed by atoms with Gasteiger partial charge >= 0.3 is 5.97 Å². The monoisotopic (exact) mass is 303 g/mol. The maximum absolute atomic E-state index is 13.0. The molecule has 1 aromatic carbocycles. The Morgan fingerprint density at radius 1 is 1.23 bits per heavy atom. The number of carbonyl (C=O) groups excluding carboxylic acids is 1. The van der Waals surface area contributed by atoms with Crippen molar-refractivity contribution in [2.45, 2.75) is 31.6 Å². The van der Waals surface area contributed by atoms with Gasteiger partial charge in [-0.3, -0.25) is 9.59 Å². The van der Waals surface area contributed by atoms with Crippen LogP contribution in [0.25, 0.3) is 0 Å². The Kier molecular flexibility index (Phi) is 3.38. The zero-order valence-electron chi connectivity index (χ0n) is 13.0. The lowest BCUT2D eigenvalue weighted by Gasteiger charge is -2.26. The Hall–Kier alpha value is -2.04. The second-order valence-electron chi connectivity index (χ2n) is 6.62. The van der Waals surface area contributed by atoms with Crippen LogP contribution in [0.15, 0.2) is 24.3 Å². The molecule has 2 fully saturated rings. The lowest BCUT2D eigenvalue weighted by Crippen LogP contribution is -2.40. The van der Waals surface area contributed by atoms with Gasteiger partial charge in [-0.2, -0.15) is 0 Å². The molecule has 0 aromatic heterocycles. The normalized spacial score (nSPS) is 25.8. The minimum absolute atomic E-state index is 0.0435. The molecule has 0 radical (unpaired) electrons. The minimum atomic E-state index is -0.829. The summed E-state index contributed by atoms with van der Waals surface area (Å²) in [7, 11) is 1.61. The van der Waals surface area contributed by atoms with E-state index in [9.17, 15) is 14.7 Å². The first-order valence-corrected chi connectivity index (χ1v) is 7.59. The van der Waals surface area contributed by atoms with Crippen LogP contribution < -0.4 is 4.74 Å². The molecular formula is C17H21NO4. The fraction of sp³-hybridized carbons (Fsp3) is 0.529. The number of nitrogens with zero attached hydrogens (tertiary/aromatic N) is 1. The smallest absolute Gasteiger partial charge is 0.311 e. The van der Waals surface area contributed by atoms with E-state index in [1.807, 2.05) is 24.3 Å². The summed E-state index contributed by atoms with van der Waals surface area (Å²) in [5, 5.41) is 9.33. The Morgan fingerprint density at radius 2 is 1.91 bits per heavy atom. The standard InChI is InChI=1S/C17H21NO4/c1-16(15(20)21)9-10-18(11-16)14(19)17(7-8-17)12-5-3-4-6-13(12)22-2/h3-6H,7-11H2,1-2H3,(H,20,21). The number of likely N-dealkylation sites (tertiary alicyclic amines) is 1. The molecule has 22 heavy (non-hydrogen) atoms. The van der Waals surface area contributed by atoms with Gasteiger partial charge in [0.1, 0.15) is 5.75 Å². The molecule has 2 aliphatic rings. The van der Waals surface area contributed by atoms with E-state index in [-0.39, 0.29) is 12.5 Å². The highest BCUT2D eigenvalue weighted by Crippen LogP contribution is 2.53. The Bertz CT molecular complexity index is 623. The molecule has 1 N–H and O–H groups in total. The summed E-state index contributed by atoms with van der Waals surface area (Å²) in [5.74, 6) is -0.0551. The van der Waals surface area contributed by atoms with Crippen molar-refractivity contribution in [3.05, 3.63) is 29.8 Å². The van der Waals surface area contributed by atoms with E-state index in [0.29, 0.717) is 13.0 Å². The predicted molar refractivity (Wildman–Crippen MR) is 80.8 cm³/mol. The van der Waals surface area contributed by atoms with Crippen molar-refractivity contribution in [1.82, 2.24) is 4.90 Å². The highest BCUT2D eigenvalue weighted by Gasteiger charge is 2.56. The lowest BCUT2D eigenvalue weighted by atomic mass is 9.90. The van der Waals surface area contributed by atoms with Gasteiger partial charge in [-0.05, 0) is 32.3 Å². The van der Waals surface area contributed by atoms with E-state index in [2.05, 4.69) is 0 Å². The molecule has 0 bridgehead atoms. The lowest BCUT2D eigenvalue weighted by molar-refractivity contribution is -0.147. The van der Waals surface area contributed by atoms with Gasteiger partial charge in [0.25, 0.3) is 0 Å². The van der Waals surface area contributed by atoms with Crippen molar-refractivity contribution in [1.29, 1.82) is 0 Å². The molecule has 118 valence electrons. The third kappa shape index (κ3) is 2.16. The quantitative estimate of drug-likeness (QED) is 0.924. The third-order valence-corrected chi connectivity index (χ3v) is 5.06. The number of para-hydroxylation sites is 1. The average molecular weight is 303 g/mol. The fourth-order valence-corrected chi connectivity index (χ4v) is 3.38. The van der Waals surface area contributed by atoms with Crippen LogP contribution in [0.4, 0.5) is 0 Å². The van der Waals surface area contributed by atoms with Gasteiger partial charge in [0, 0.05) is 18.7 Å². The largest absolute Gasteiger partial charge is 0.496 e. The van der Waals surface area contributed by atoms with Gasteiger partial charge in [-0.25, -0.2) is 0 Å². The summed E-state index contributed by atoms with van der Waals surface area (Å²) in [4.78, 5) is 26.1. The first-order chi connectivity index (χ1) is 10.4. The van der Waals surface area contributed by atoms with Crippen LogP contribution in [0.3, 0.4) is 0 Å². The molecule has 1 atom stereocenters. The Morgan fingerprint density at radius 3 is 2.45 bits per heavy atom. The average Bonchev–Trinajstić information content (AvgIpc) is 3.23. The van der Waals surface area contributed by atoms with Gasteiger partial charge in [-0.15, -0.1) is 0 Å². The van der Waals surface area contributed by atoms with Gasteiger partial charge in [0.2, 0.25) is 5.91 Å². The molecule has 5 nitrogen and oxygen atoms in total. The van der Waals surface area contributed by atoms with Gasteiger partial charge in [0.15, 0.2) is 0 Å². The number of benzene rings is 1. The van der Waals surface area contributed by atoms with E-state index >= 15 is 0 Å². The number of carboxylic acids is 1. The Balaban J connectivity index is 1.85. The molecule has 3 rings (SSSR count). The molecule has 1 saturated carbocycles. The SMILES string of the molecule is COc1ccccc1C1(C(=O)N2CCC(C)(C(=O)O)C2)CC1. The number of carboxylic acid groups (broad SMARTS) is 1. The fourth-order valence-electron chi connectivity index (χ4n) is 3.38. The maximum atomic E-state index is 13.0. The topological polar surface area (TPSA) is 66.8 Å². The van der Waals surface area contributed by atoms with Gasteiger partial charge in [0.05, 0.1) is 17.9 Å². The number of hydrogen-bond acceptors (Lipinski definition) is 3. The van der Waals surface area contributed by atoms with Crippen LogP contribution >= 0.6 is 0 Å². The molecule has 1 amide bonds. The van der Waals surface area contributed by atoms with E-state index in [1.54, 1.807) is 18.9 Å². The van der Waals surface area contributed by atoms with E-state index in [4.69, 9.17) is 4.74 Å². The van der Waals surface area contributed by atoms with Crippen molar-refractivity contribution in [3.8, 4) is 5.75 Å². The van der Waals surface area contributed by atoms with Crippen LogP contribution in [0.1, 0.15) is 31.7 Å².